The lowest BCUT2D eigenvalue weighted by Crippen LogP contribution is -2.01. The number of nitro benzene ring substituents is 1. The first-order valence-electron chi connectivity index (χ1n) is 5.91. The lowest BCUT2D eigenvalue weighted by atomic mass is 10.0. The zero-order chi connectivity index (χ0) is 15.0. The second kappa shape index (κ2) is 4.71. The summed E-state index contributed by atoms with van der Waals surface area (Å²) >= 11 is 0. The van der Waals surface area contributed by atoms with E-state index in [1.165, 1.54) is 36.8 Å². The Morgan fingerprint density at radius 2 is 2.10 bits per heavy atom. The molecule has 2 heterocycles. The number of furan rings is 1. The van der Waals surface area contributed by atoms with E-state index in [2.05, 4.69) is 4.98 Å². The molecular formula is C14H8N2O5. The van der Waals surface area contributed by atoms with Gasteiger partial charge < -0.3 is 9.52 Å². The van der Waals surface area contributed by atoms with Crippen molar-refractivity contribution in [1.82, 2.24) is 4.98 Å². The van der Waals surface area contributed by atoms with E-state index in [1.807, 2.05) is 0 Å². The van der Waals surface area contributed by atoms with Gasteiger partial charge in [0.2, 0.25) is 0 Å². The Morgan fingerprint density at radius 1 is 1.29 bits per heavy atom. The molecule has 3 rings (SSSR count). The van der Waals surface area contributed by atoms with E-state index >= 15 is 0 Å². The largest absolute Gasteiger partial charge is 0.478 e. The van der Waals surface area contributed by atoms with Crippen LogP contribution in [-0.2, 0) is 0 Å². The van der Waals surface area contributed by atoms with Gasteiger partial charge in [0.05, 0.1) is 34.2 Å². The van der Waals surface area contributed by atoms with Crippen LogP contribution in [0.25, 0.3) is 22.2 Å². The van der Waals surface area contributed by atoms with Crippen molar-refractivity contribution in [2.45, 2.75) is 0 Å². The highest BCUT2D eigenvalue weighted by Crippen LogP contribution is 2.27. The first kappa shape index (κ1) is 12.8. The summed E-state index contributed by atoms with van der Waals surface area (Å²) in [6, 6.07) is 6.97. The van der Waals surface area contributed by atoms with Crippen LogP contribution in [0.2, 0.25) is 0 Å². The van der Waals surface area contributed by atoms with Gasteiger partial charge in [0.1, 0.15) is 0 Å². The van der Waals surface area contributed by atoms with Crippen molar-refractivity contribution in [2.24, 2.45) is 0 Å². The molecule has 0 atom stereocenters. The fraction of sp³-hybridized carbons (Fsp3) is 0. The van der Waals surface area contributed by atoms with Crippen molar-refractivity contribution in [3.63, 3.8) is 0 Å². The van der Waals surface area contributed by atoms with E-state index in [0.29, 0.717) is 16.8 Å². The molecule has 0 spiro atoms. The molecule has 104 valence electrons. The summed E-state index contributed by atoms with van der Waals surface area (Å²) in [6.07, 6.45) is 2.91. The lowest BCUT2D eigenvalue weighted by molar-refractivity contribution is -0.384. The maximum atomic E-state index is 11.4. The summed E-state index contributed by atoms with van der Waals surface area (Å²) in [5, 5.41) is 20.3. The molecule has 1 N–H and O–H groups in total. The van der Waals surface area contributed by atoms with Gasteiger partial charge in [-0.3, -0.25) is 10.1 Å². The highest BCUT2D eigenvalue weighted by atomic mass is 16.6. The molecule has 2 aromatic heterocycles. The summed E-state index contributed by atoms with van der Waals surface area (Å²) < 4.78 is 4.96. The molecular weight excluding hydrogens is 276 g/mol. The number of hydrogen-bond donors (Lipinski definition) is 1. The lowest BCUT2D eigenvalue weighted by Gasteiger charge is -2.05. The number of nitrogens with zero attached hydrogens (tertiary/aromatic N) is 2. The Morgan fingerprint density at radius 3 is 2.71 bits per heavy atom. The number of non-ortho nitro benzene ring substituents is 1. The predicted octanol–water partition coefficient (Wildman–Crippen LogP) is 3.10. The second-order valence-electron chi connectivity index (χ2n) is 4.33. The molecule has 3 aromatic rings. The van der Waals surface area contributed by atoms with Crippen LogP contribution >= 0.6 is 0 Å². The van der Waals surface area contributed by atoms with E-state index in [1.54, 1.807) is 6.07 Å². The molecule has 0 aliphatic heterocycles. The number of fused-ring (bicyclic) bond motifs is 1. The van der Waals surface area contributed by atoms with E-state index < -0.39 is 10.9 Å². The molecule has 1 aromatic carbocycles. The predicted molar refractivity (Wildman–Crippen MR) is 73.1 cm³/mol. The number of carboxylic acid groups (broad SMARTS) is 1. The number of carbonyl (C=O) groups is 1. The van der Waals surface area contributed by atoms with Crippen molar-refractivity contribution >= 4 is 22.6 Å². The van der Waals surface area contributed by atoms with Gasteiger partial charge in [0, 0.05) is 23.1 Å². The van der Waals surface area contributed by atoms with Crippen LogP contribution in [0.15, 0.2) is 47.3 Å². The van der Waals surface area contributed by atoms with Crippen LogP contribution in [-0.4, -0.2) is 21.0 Å². The van der Waals surface area contributed by atoms with Crippen LogP contribution in [0.3, 0.4) is 0 Å². The minimum Gasteiger partial charge on any atom is -0.478 e. The molecule has 0 aliphatic carbocycles. The van der Waals surface area contributed by atoms with Gasteiger partial charge in [-0.1, -0.05) is 0 Å². The normalized spacial score (nSPS) is 10.7. The van der Waals surface area contributed by atoms with Crippen LogP contribution < -0.4 is 0 Å². The Balaban J connectivity index is 2.31. The number of hydrogen-bond acceptors (Lipinski definition) is 5. The summed E-state index contributed by atoms with van der Waals surface area (Å²) in [5.41, 5.74) is 1.22. The number of rotatable bonds is 3. The average Bonchev–Trinajstić information content (AvgIpc) is 2.99. The smallest absolute Gasteiger partial charge is 0.336 e. The molecule has 7 heteroatoms. The van der Waals surface area contributed by atoms with Gasteiger partial charge >= 0.3 is 5.97 Å². The zero-order valence-corrected chi connectivity index (χ0v) is 10.5. The van der Waals surface area contributed by atoms with Gasteiger partial charge in [0.15, 0.2) is 0 Å². The fourth-order valence-corrected chi connectivity index (χ4v) is 2.06. The Hall–Kier alpha value is -3.22. The van der Waals surface area contributed by atoms with Crippen LogP contribution in [0.1, 0.15) is 10.4 Å². The number of nitro groups is 1. The molecule has 7 nitrogen and oxygen atoms in total. The summed E-state index contributed by atoms with van der Waals surface area (Å²) in [5.74, 6) is -1.17. The molecule has 0 saturated carbocycles. The quantitative estimate of drug-likeness (QED) is 0.585. The molecule has 0 unspecified atom stereocenters. The molecule has 0 bridgehead atoms. The van der Waals surface area contributed by atoms with Crippen molar-refractivity contribution < 1.29 is 19.2 Å². The van der Waals surface area contributed by atoms with Gasteiger partial charge in [-0.05, 0) is 18.2 Å². The summed E-state index contributed by atoms with van der Waals surface area (Å²) in [4.78, 5) is 25.9. The molecule has 21 heavy (non-hydrogen) atoms. The molecule has 0 radical (unpaired) electrons. The van der Waals surface area contributed by atoms with Gasteiger partial charge in [-0.15, -0.1) is 0 Å². The van der Waals surface area contributed by atoms with Crippen LogP contribution in [0.5, 0.6) is 0 Å². The minimum absolute atomic E-state index is 0.0418. The SMILES string of the molecule is O=C(O)c1cc(-c2ccoc2)nc2ccc([N+](=O)[O-])cc12. The number of aromatic carboxylic acids is 1. The third kappa shape index (κ3) is 2.20. The monoisotopic (exact) mass is 284 g/mol. The summed E-state index contributed by atoms with van der Waals surface area (Å²) in [6.45, 7) is 0. The Bertz CT molecular complexity index is 855. The van der Waals surface area contributed by atoms with Crippen molar-refractivity contribution in [2.75, 3.05) is 0 Å². The van der Waals surface area contributed by atoms with Crippen LogP contribution in [0, 0.1) is 10.1 Å². The first-order valence-corrected chi connectivity index (χ1v) is 5.91. The van der Waals surface area contributed by atoms with Crippen molar-refractivity contribution in [3.05, 3.63) is 58.5 Å². The third-order valence-corrected chi connectivity index (χ3v) is 3.05. The van der Waals surface area contributed by atoms with Gasteiger partial charge in [-0.2, -0.15) is 0 Å². The number of benzene rings is 1. The minimum atomic E-state index is -1.17. The molecule has 0 aliphatic rings. The maximum absolute atomic E-state index is 11.4. The maximum Gasteiger partial charge on any atom is 0.336 e. The number of carboxylic acids is 1. The van der Waals surface area contributed by atoms with Gasteiger partial charge in [0.25, 0.3) is 5.69 Å². The van der Waals surface area contributed by atoms with Crippen molar-refractivity contribution in [1.29, 1.82) is 0 Å². The first-order chi connectivity index (χ1) is 10.1. The highest BCUT2D eigenvalue weighted by Gasteiger charge is 2.16. The average molecular weight is 284 g/mol. The Kier molecular flexibility index (Phi) is 2.87. The third-order valence-electron chi connectivity index (χ3n) is 3.05. The standard InChI is InChI=1S/C14H8N2O5/c17-14(18)11-6-13(8-3-4-21-7-8)15-12-2-1-9(16(19)20)5-10(11)12/h1-7H,(H,17,18). The van der Waals surface area contributed by atoms with E-state index in [-0.39, 0.29) is 16.6 Å². The second-order valence-corrected chi connectivity index (χ2v) is 4.33. The highest BCUT2D eigenvalue weighted by molar-refractivity contribution is 6.04. The molecule has 0 fully saturated rings. The Labute approximate surface area is 117 Å². The van der Waals surface area contributed by atoms with Gasteiger partial charge in [-0.25, -0.2) is 9.78 Å². The van der Waals surface area contributed by atoms with E-state index in [9.17, 15) is 20.0 Å². The number of aromatic nitrogens is 1. The van der Waals surface area contributed by atoms with E-state index in [4.69, 9.17) is 4.42 Å². The van der Waals surface area contributed by atoms with Crippen LogP contribution in [0.4, 0.5) is 5.69 Å². The molecule has 0 amide bonds. The van der Waals surface area contributed by atoms with E-state index in [0.717, 1.165) is 0 Å². The van der Waals surface area contributed by atoms with Crippen molar-refractivity contribution in [3.8, 4) is 11.3 Å². The topological polar surface area (TPSA) is 106 Å². The fourth-order valence-electron chi connectivity index (χ4n) is 2.06. The molecule has 0 saturated heterocycles. The zero-order valence-electron chi connectivity index (χ0n) is 10.5. The summed E-state index contributed by atoms with van der Waals surface area (Å²) in [7, 11) is 0. The number of pyridine rings is 1.